The summed E-state index contributed by atoms with van der Waals surface area (Å²) in [6.45, 7) is 4.37. The van der Waals surface area contributed by atoms with Crippen molar-refractivity contribution in [2.24, 2.45) is 0 Å². The van der Waals surface area contributed by atoms with Gasteiger partial charge in [-0.15, -0.1) is 0 Å². The standard InChI is InChI=1S/C27H25Cl3N4O2/c1-3-4-15-33(27(36)32-24-14-11-19(29)16-22(24)30)17(2)25-31-23-8-6-5-7-21(23)26(35)34(25)20-12-9-18(28)10-13-20/h5-14,16-17H,3-4,15H2,1-2H3,(H,32,36). The van der Waals surface area contributed by atoms with Crippen LogP contribution < -0.4 is 10.9 Å². The molecule has 4 rings (SSSR count). The molecule has 3 aromatic carbocycles. The Bertz CT molecular complexity index is 1450. The molecule has 1 aromatic heterocycles. The number of fused-ring (bicyclic) bond motifs is 1. The smallest absolute Gasteiger partial charge is 0.315 e. The maximum absolute atomic E-state index is 13.7. The number of rotatable bonds is 7. The van der Waals surface area contributed by atoms with Crippen molar-refractivity contribution in [2.75, 3.05) is 11.9 Å². The van der Waals surface area contributed by atoms with Crippen LogP contribution >= 0.6 is 34.8 Å². The number of carbonyl (C=O) groups excluding carboxylic acids is 1. The van der Waals surface area contributed by atoms with Crippen molar-refractivity contribution in [3.63, 3.8) is 0 Å². The molecular formula is C27H25Cl3N4O2. The molecule has 0 aliphatic heterocycles. The van der Waals surface area contributed by atoms with Gasteiger partial charge in [-0.05, 0) is 67.9 Å². The average Bonchev–Trinajstić information content (AvgIpc) is 2.86. The number of para-hydroxylation sites is 1. The molecule has 6 nitrogen and oxygen atoms in total. The van der Waals surface area contributed by atoms with Crippen molar-refractivity contribution in [3.05, 3.63) is 98.0 Å². The van der Waals surface area contributed by atoms with Crippen LogP contribution in [0, 0.1) is 0 Å². The molecule has 1 unspecified atom stereocenters. The van der Waals surface area contributed by atoms with Gasteiger partial charge in [0.25, 0.3) is 5.56 Å². The highest BCUT2D eigenvalue weighted by atomic mass is 35.5. The van der Waals surface area contributed by atoms with Gasteiger partial charge in [-0.25, -0.2) is 9.78 Å². The number of amides is 2. The normalized spacial score (nSPS) is 11.9. The van der Waals surface area contributed by atoms with Gasteiger partial charge in [0.2, 0.25) is 0 Å². The first kappa shape index (κ1) is 26.0. The SMILES string of the molecule is CCCCN(C(=O)Nc1ccc(Cl)cc1Cl)C(C)c1nc2ccccc2c(=O)n1-c1ccc(Cl)cc1. The highest BCUT2D eigenvalue weighted by molar-refractivity contribution is 6.36. The molecule has 2 amide bonds. The van der Waals surface area contributed by atoms with E-state index in [0.29, 0.717) is 49.7 Å². The van der Waals surface area contributed by atoms with Crippen LogP contribution in [0.3, 0.4) is 0 Å². The van der Waals surface area contributed by atoms with Crippen LogP contribution in [0.15, 0.2) is 71.5 Å². The van der Waals surface area contributed by atoms with E-state index in [2.05, 4.69) is 12.2 Å². The first-order valence-corrected chi connectivity index (χ1v) is 12.7. The fourth-order valence-electron chi connectivity index (χ4n) is 3.99. The van der Waals surface area contributed by atoms with Gasteiger partial charge in [0.05, 0.1) is 33.3 Å². The molecule has 186 valence electrons. The van der Waals surface area contributed by atoms with Crippen molar-refractivity contribution in [2.45, 2.75) is 32.7 Å². The summed E-state index contributed by atoms with van der Waals surface area (Å²) in [5.74, 6) is 0.439. The number of halogens is 3. The Balaban J connectivity index is 1.82. The van der Waals surface area contributed by atoms with Gasteiger partial charge in [-0.2, -0.15) is 0 Å². The van der Waals surface area contributed by atoms with E-state index in [1.54, 1.807) is 70.1 Å². The monoisotopic (exact) mass is 542 g/mol. The molecule has 36 heavy (non-hydrogen) atoms. The van der Waals surface area contributed by atoms with Crippen LogP contribution in [-0.4, -0.2) is 27.0 Å². The van der Waals surface area contributed by atoms with E-state index < -0.39 is 6.04 Å². The minimum Gasteiger partial charge on any atom is -0.315 e. The number of hydrogen-bond donors (Lipinski definition) is 1. The fraction of sp³-hybridized carbons (Fsp3) is 0.222. The highest BCUT2D eigenvalue weighted by Gasteiger charge is 2.27. The van der Waals surface area contributed by atoms with E-state index in [1.807, 2.05) is 13.0 Å². The number of nitrogens with zero attached hydrogens (tertiary/aromatic N) is 3. The minimum atomic E-state index is -0.546. The van der Waals surface area contributed by atoms with Crippen LogP contribution in [0.5, 0.6) is 0 Å². The molecule has 1 atom stereocenters. The van der Waals surface area contributed by atoms with E-state index in [-0.39, 0.29) is 11.6 Å². The lowest BCUT2D eigenvalue weighted by Crippen LogP contribution is -2.40. The summed E-state index contributed by atoms with van der Waals surface area (Å²) in [5, 5.41) is 4.73. The average molecular weight is 544 g/mol. The lowest BCUT2D eigenvalue weighted by Gasteiger charge is -2.31. The van der Waals surface area contributed by atoms with Crippen LogP contribution in [-0.2, 0) is 0 Å². The van der Waals surface area contributed by atoms with Gasteiger partial charge in [0, 0.05) is 16.6 Å². The van der Waals surface area contributed by atoms with Gasteiger partial charge in [-0.3, -0.25) is 9.36 Å². The van der Waals surface area contributed by atoms with Crippen molar-refractivity contribution in [1.82, 2.24) is 14.5 Å². The number of anilines is 1. The summed E-state index contributed by atoms with van der Waals surface area (Å²) in [5.41, 5.74) is 1.40. The van der Waals surface area contributed by atoms with Gasteiger partial charge < -0.3 is 10.2 Å². The molecule has 1 N–H and O–H groups in total. The van der Waals surface area contributed by atoms with E-state index in [0.717, 1.165) is 12.8 Å². The summed E-state index contributed by atoms with van der Waals surface area (Å²) >= 11 is 18.4. The number of hydrogen-bond acceptors (Lipinski definition) is 3. The minimum absolute atomic E-state index is 0.221. The Hall–Kier alpha value is -3.06. The number of benzene rings is 3. The van der Waals surface area contributed by atoms with Crippen molar-refractivity contribution >= 4 is 57.4 Å². The highest BCUT2D eigenvalue weighted by Crippen LogP contribution is 2.28. The topological polar surface area (TPSA) is 67.2 Å². The van der Waals surface area contributed by atoms with Crippen molar-refractivity contribution in [1.29, 1.82) is 0 Å². The fourth-order valence-corrected chi connectivity index (χ4v) is 4.57. The summed E-state index contributed by atoms with van der Waals surface area (Å²) < 4.78 is 1.55. The Labute approximate surface area is 224 Å². The lowest BCUT2D eigenvalue weighted by atomic mass is 10.1. The zero-order chi connectivity index (χ0) is 25.8. The zero-order valence-corrected chi connectivity index (χ0v) is 22.1. The molecule has 4 aromatic rings. The molecule has 0 aliphatic rings. The predicted molar refractivity (Wildman–Crippen MR) is 148 cm³/mol. The summed E-state index contributed by atoms with van der Waals surface area (Å²) in [4.78, 5) is 33.7. The summed E-state index contributed by atoms with van der Waals surface area (Å²) in [7, 11) is 0. The van der Waals surface area contributed by atoms with E-state index in [1.165, 1.54) is 0 Å². The van der Waals surface area contributed by atoms with Gasteiger partial charge in [0.1, 0.15) is 5.82 Å². The van der Waals surface area contributed by atoms with Gasteiger partial charge in [-0.1, -0.05) is 60.3 Å². The molecular weight excluding hydrogens is 519 g/mol. The third kappa shape index (κ3) is 5.51. The Morgan fingerprint density at radius 1 is 1.03 bits per heavy atom. The number of aromatic nitrogens is 2. The molecule has 0 fully saturated rings. The molecule has 0 bridgehead atoms. The number of nitrogens with one attached hydrogen (secondary N) is 1. The molecule has 9 heteroatoms. The van der Waals surface area contributed by atoms with Crippen LogP contribution in [0.4, 0.5) is 10.5 Å². The maximum Gasteiger partial charge on any atom is 0.322 e. The largest absolute Gasteiger partial charge is 0.322 e. The number of carbonyl (C=O) groups is 1. The first-order chi connectivity index (χ1) is 17.3. The second kappa shape index (κ2) is 11.3. The Kier molecular flexibility index (Phi) is 8.19. The zero-order valence-electron chi connectivity index (χ0n) is 19.8. The summed E-state index contributed by atoms with van der Waals surface area (Å²) in [6, 6.07) is 18.1. The molecule has 0 radical (unpaired) electrons. The quantitative estimate of drug-likeness (QED) is 0.259. The van der Waals surface area contributed by atoms with Gasteiger partial charge in [0.15, 0.2) is 0 Å². The van der Waals surface area contributed by atoms with Crippen LogP contribution in [0.25, 0.3) is 16.6 Å². The molecule has 0 saturated carbocycles. The second-order valence-electron chi connectivity index (χ2n) is 8.38. The number of unbranched alkanes of at least 4 members (excludes halogenated alkanes) is 1. The molecule has 0 spiro atoms. The molecule has 0 saturated heterocycles. The third-order valence-corrected chi connectivity index (χ3v) is 6.71. The lowest BCUT2D eigenvalue weighted by molar-refractivity contribution is 0.188. The van der Waals surface area contributed by atoms with E-state index in [4.69, 9.17) is 39.8 Å². The predicted octanol–water partition coefficient (Wildman–Crippen LogP) is 7.74. The number of urea groups is 1. The molecule has 0 aliphatic carbocycles. The Morgan fingerprint density at radius 3 is 2.42 bits per heavy atom. The third-order valence-electron chi connectivity index (χ3n) is 5.91. The maximum atomic E-state index is 13.7. The summed E-state index contributed by atoms with van der Waals surface area (Å²) in [6.07, 6.45) is 1.65. The van der Waals surface area contributed by atoms with Crippen molar-refractivity contribution < 1.29 is 4.79 Å². The second-order valence-corrected chi connectivity index (χ2v) is 9.66. The van der Waals surface area contributed by atoms with Gasteiger partial charge >= 0.3 is 6.03 Å². The molecule has 1 heterocycles. The van der Waals surface area contributed by atoms with Crippen LogP contribution in [0.2, 0.25) is 15.1 Å². The van der Waals surface area contributed by atoms with Crippen LogP contribution in [0.1, 0.15) is 38.6 Å². The van der Waals surface area contributed by atoms with E-state index >= 15 is 0 Å². The first-order valence-electron chi connectivity index (χ1n) is 11.6. The van der Waals surface area contributed by atoms with Crippen molar-refractivity contribution in [3.8, 4) is 5.69 Å². The van der Waals surface area contributed by atoms with E-state index in [9.17, 15) is 9.59 Å². The Morgan fingerprint density at radius 2 is 1.72 bits per heavy atom.